The molecule has 0 aliphatic heterocycles. The summed E-state index contributed by atoms with van der Waals surface area (Å²) in [5.41, 5.74) is 0.804. The van der Waals surface area contributed by atoms with Gasteiger partial charge in [0.25, 0.3) is 0 Å². The number of ether oxygens (including phenoxy) is 1. The zero-order valence-electron chi connectivity index (χ0n) is 13.3. The molecule has 2 aromatic carbocycles. The highest BCUT2D eigenvalue weighted by atomic mass is 16.5. The SMILES string of the molecule is CCCOc1ccc2ccccc2c1C(=O)C1CCCCC1. The van der Waals surface area contributed by atoms with Crippen LogP contribution in [0, 0.1) is 5.92 Å². The number of carbonyl (C=O) groups excluding carboxylic acids is 1. The third-order valence-electron chi connectivity index (χ3n) is 4.57. The first-order chi connectivity index (χ1) is 10.8. The van der Waals surface area contributed by atoms with Crippen molar-refractivity contribution in [2.24, 2.45) is 5.92 Å². The Kier molecular flexibility index (Phi) is 4.77. The van der Waals surface area contributed by atoms with Gasteiger partial charge in [-0.2, -0.15) is 0 Å². The monoisotopic (exact) mass is 296 g/mol. The Bertz CT molecular complexity index is 654. The van der Waals surface area contributed by atoms with Gasteiger partial charge in [-0.25, -0.2) is 0 Å². The van der Waals surface area contributed by atoms with Crippen molar-refractivity contribution in [3.63, 3.8) is 0 Å². The molecule has 116 valence electrons. The zero-order valence-corrected chi connectivity index (χ0v) is 13.3. The van der Waals surface area contributed by atoms with Crippen molar-refractivity contribution < 1.29 is 9.53 Å². The quantitative estimate of drug-likeness (QED) is 0.691. The summed E-state index contributed by atoms with van der Waals surface area (Å²) in [6, 6.07) is 12.2. The van der Waals surface area contributed by atoms with E-state index in [1.165, 1.54) is 19.3 Å². The summed E-state index contributed by atoms with van der Waals surface area (Å²) in [5.74, 6) is 1.21. The highest BCUT2D eigenvalue weighted by Crippen LogP contribution is 2.34. The Morgan fingerprint density at radius 3 is 2.64 bits per heavy atom. The molecular weight excluding hydrogens is 272 g/mol. The van der Waals surface area contributed by atoms with Crippen LogP contribution in [0.25, 0.3) is 10.8 Å². The van der Waals surface area contributed by atoms with Crippen LogP contribution in [0.1, 0.15) is 55.8 Å². The van der Waals surface area contributed by atoms with Gasteiger partial charge in [0.15, 0.2) is 5.78 Å². The first kappa shape index (κ1) is 15.1. The first-order valence-electron chi connectivity index (χ1n) is 8.50. The van der Waals surface area contributed by atoms with Gasteiger partial charge in [-0.1, -0.05) is 56.5 Å². The average molecular weight is 296 g/mol. The molecule has 0 unspecified atom stereocenters. The maximum atomic E-state index is 13.1. The molecule has 1 fully saturated rings. The number of ketones is 1. The van der Waals surface area contributed by atoms with E-state index in [0.29, 0.717) is 6.61 Å². The van der Waals surface area contributed by atoms with Crippen molar-refractivity contribution >= 4 is 16.6 Å². The Morgan fingerprint density at radius 1 is 1.09 bits per heavy atom. The number of fused-ring (bicyclic) bond motifs is 1. The molecule has 2 nitrogen and oxygen atoms in total. The van der Waals surface area contributed by atoms with Crippen LogP contribution in [0.5, 0.6) is 5.75 Å². The standard InChI is InChI=1S/C20H24O2/c1-2-14-22-18-13-12-15-8-6-7-11-17(15)19(18)20(21)16-9-4-3-5-10-16/h6-8,11-13,16H,2-5,9-10,14H2,1H3. The van der Waals surface area contributed by atoms with Crippen LogP contribution in [0.2, 0.25) is 0 Å². The molecule has 22 heavy (non-hydrogen) atoms. The Morgan fingerprint density at radius 2 is 1.86 bits per heavy atom. The molecule has 3 rings (SSSR count). The molecule has 1 saturated carbocycles. The van der Waals surface area contributed by atoms with Crippen LogP contribution in [-0.4, -0.2) is 12.4 Å². The van der Waals surface area contributed by atoms with Crippen molar-refractivity contribution in [2.45, 2.75) is 45.4 Å². The van der Waals surface area contributed by atoms with Crippen LogP contribution in [0.4, 0.5) is 0 Å². The molecule has 1 aliphatic rings. The van der Waals surface area contributed by atoms with Gasteiger partial charge in [0.2, 0.25) is 0 Å². The number of rotatable bonds is 5. The van der Waals surface area contributed by atoms with Crippen LogP contribution in [-0.2, 0) is 0 Å². The number of benzene rings is 2. The maximum absolute atomic E-state index is 13.1. The zero-order chi connectivity index (χ0) is 15.4. The van der Waals surface area contributed by atoms with E-state index in [1.807, 2.05) is 24.3 Å². The van der Waals surface area contributed by atoms with Gasteiger partial charge in [-0.05, 0) is 36.1 Å². The average Bonchev–Trinajstić information content (AvgIpc) is 2.59. The van der Waals surface area contributed by atoms with Gasteiger partial charge in [-0.3, -0.25) is 4.79 Å². The Labute approximate surface area is 132 Å². The van der Waals surface area contributed by atoms with E-state index in [9.17, 15) is 4.79 Å². The van der Waals surface area contributed by atoms with E-state index in [1.54, 1.807) is 0 Å². The number of hydrogen-bond donors (Lipinski definition) is 0. The summed E-state index contributed by atoms with van der Waals surface area (Å²) in [6.07, 6.45) is 6.60. The third-order valence-corrected chi connectivity index (χ3v) is 4.57. The van der Waals surface area contributed by atoms with E-state index >= 15 is 0 Å². The van der Waals surface area contributed by atoms with Gasteiger partial charge in [0.05, 0.1) is 12.2 Å². The van der Waals surface area contributed by atoms with Crippen LogP contribution < -0.4 is 4.74 Å². The van der Waals surface area contributed by atoms with Crippen LogP contribution in [0.15, 0.2) is 36.4 Å². The molecule has 0 aromatic heterocycles. The summed E-state index contributed by atoms with van der Waals surface area (Å²) in [7, 11) is 0. The molecule has 0 amide bonds. The van der Waals surface area contributed by atoms with E-state index in [0.717, 1.165) is 41.3 Å². The molecule has 0 saturated heterocycles. The van der Waals surface area contributed by atoms with E-state index < -0.39 is 0 Å². The van der Waals surface area contributed by atoms with Crippen molar-refractivity contribution in [3.8, 4) is 5.75 Å². The molecule has 0 atom stereocenters. The van der Waals surface area contributed by atoms with Crippen molar-refractivity contribution in [3.05, 3.63) is 42.0 Å². The summed E-state index contributed by atoms with van der Waals surface area (Å²) in [6.45, 7) is 2.74. The van der Waals surface area contributed by atoms with E-state index in [-0.39, 0.29) is 11.7 Å². The van der Waals surface area contributed by atoms with Gasteiger partial charge in [0.1, 0.15) is 5.75 Å². The summed E-state index contributed by atoms with van der Waals surface area (Å²) < 4.78 is 5.89. The lowest BCUT2D eigenvalue weighted by atomic mass is 9.82. The molecule has 0 radical (unpaired) electrons. The molecule has 0 N–H and O–H groups in total. The smallest absolute Gasteiger partial charge is 0.170 e. The highest BCUT2D eigenvalue weighted by molar-refractivity contribution is 6.11. The topological polar surface area (TPSA) is 26.3 Å². The molecular formula is C20H24O2. The summed E-state index contributed by atoms with van der Waals surface area (Å²) in [4.78, 5) is 13.1. The minimum Gasteiger partial charge on any atom is -0.493 e. The minimum absolute atomic E-state index is 0.170. The Hall–Kier alpha value is -1.83. The molecule has 0 spiro atoms. The van der Waals surface area contributed by atoms with Gasteiger partial charge < -0.3 is 4.74 Å². The van der Waals surface area contributed by atoms with Gasteiger partial charge in [-0.15, -0.1) is 0 Å². The summed E-state index contributed by atoms with van der Waals surface area (Å²) in [5, 5.41) is 2.15. The Balaban J connectivity index is 2.04. The second-order valence-electron chi connectivity index (χ2n) is 6.21. The maximum Gasteiger partial charge on any atom is 0.170 e. The largest absolute Gasteiger partial charge is 0.493 e. The molecule has 1 aliphatic carbocycles. The first-order valence-corrected chi connectivity index (χ1v) is 8.50. The number of Topliss-reactive ketones (excluding diaryl/α,β-unsaturated/α-hetero) is 1. The van der Waals surface area contributed by atoms with Crippen LogP contribution >= 0.6 is 0 Å². The third kappa shape index (κ3) is 3.01. The van der Waals surface area contributed by atoms with Crippen LogP contribution in [0.3, 0.4) is 0 Å². The fourth-order valence-electron chi connectivity index (χ4n) is 3.41. The number of hydrogen-bond acceptors (Lipinski definition) is 2. The second-order valence-corrected chi connectivity index (χ2v) is 6.21. The lowest BCUT2D eigenvalue weighted by molar-refractivity contribution is 0.0887. The van der Waals surface area contributed by atoms with E-state index in [4.69, 9.17) is 4.74 Å². The molecule has 0 bridgehead atoms. The molecule has 0 heterocycles. The minimum atomic E-state index is 0.170. The number of carbonyl (C=O) groups is 1. The van der Waals surface area contributed by atoms with Gasteiger partial charge >= 0.3 is 0 Å². The van der Waals surface area contributed by atoms with E-state index in [2.05, 4.69) is 19.1 Å². The van der Waals surface area contributed by atoms with Crippen molar-refractivity contribution in [1.82, 2.24) is 0 Å². The normalized spacial score (nSPS) is 15.9. The highest BCUT2D eigenvalue weighted by Gasteiger charge is 2.26. The predicted molar refractivity (Wildman–Crippen MR) is 90.6 cm³/mol. The van der Waals surface area contributed by atoms with Crippen molar-refractivity contribution in [2.75, 3.05) is 6.61 Å². The molecule has 2 heteroatoms. The summed E-state index contributed by atoms with van der Waals surface area (Å²) >= 11 is 0. The lowest BCUT2D eigenvalue weighted by Crippen LogP contribution is -2.19. The lowest BCUT2D eigenvalue weighted by Gasteiger charge is -2.22. The predicted octanol–water partition coefficient (Wildman–Crippen LogP) is 5.39. The fourth-order valence-corrected chi connectivity index (χ4v) is 3.41. The second kappa shape index (κ2) is 6.95. The van der Waals surface area contributed by atoms with Crippen molar-refractivity contribution in [1.29, 1.82) is 0 Å². The fraction of sp³-hybridized carbons (Fsp3) is 0.450. The molecule has 2 aromatic rings. The van der Waals surface area contributed by atoms with Gasteiger partial charge in [0, 0.05) is 5.92 Å².